The van der Waals surface area contributed by atoms with Crippen LogP contribution in [0.5, 0.6) is 0 Å². The van der Waals surface area contributed by atoms with Gasteiger partial charge in [-0.1, -0.05) is 54.6 Å². The van der Waals surface area contributed by atoms with Crippen molar-refractivity contribution in [3.05, 3.63) is 91.0 Å². The number of hydrogen-bond donors (Lipinski definition) is 0. The van der Waals surface area contributed by atoms with E-state index in [1.165, 1.54) is 27.7 Å². The topological polar surface area (TPSA) is 26.3 Å². The highest BCUT2D eigenvalue weighted by atomic mass is 127. The molecule has 0 radical (unpaired) electrons. The molecule has 3 rings (SSSR count). The Kier molecular flexibility index (Phi) is 8.81. The molecule has 0 spiro atoms. The van der Waals surface area contributed by atoms with Gasteiger partial charge in [0.2, 0.25) is 0 Å². The van der Waals surface area contributed by atoms with Crippen molar-refractivity contribution in [1.82, 2.24) is 0 Å². The van der Waals surface area contributed by atoms with Crippen LogP contribution in [0.15, 0.2) is 91.0 Å². The second-order valence-electron chi connectivity index (χ2n) is 5.77. The Morgan fingerprint density at radius 3 is 1.48 bits per heavy atom. The molecule has 0 bridgehead atoms. The van der Waals surface area contributed by atoms with E-state index in [1.54, 1.807) is 0 Å². The zero-order chi connectivity index (χ0) is 18.2. The van der Waals surface area contributed by atoms with Crippen LogP contribution in [0, 0.1) is 0 Å². The first-order valence-electron chi connectivity index (χ1n) is 8.62. The molecule has 0 amide bonds. The van der Waals surface area contributed by atoms with Gasteiger partial charge in [0, 0.05) is 0 Å². The molecule has 3 aromatic carbocycles. The summed E-state index contributed by atoms with van der Waals surface area (Å²) in [5, 5.41) is 3.61. The maximum absolute atomic E-state index is 12.1. The van der Waals surface area contributed by atoms with E-state index in [4.69, 9.17) is 4.74 Å². The van der Waals surface area contributed by atoms with Crippen molar-refractivity contribution in [3.63, 3.8) is 0 Å². The van der Waals surface area contributed by atoms with E-state index in [2.05, 4.69) is 72.8 Å². The molecule has 0 aromatic heterocycles. The minimum absolute atomic E-state index is 0. The molecule has 27 heavy (non-hydrogen) atoms. The quantitative estimate of drug-likeness (QED) is 0.289. The molecule has 0 atom stereocenters. The molecule has 140 valence electrons. The summed E-state index contributed by atoms with van der Waals surface area (Å²) >= 11 is 1.28. The average molecular weight is 508 g/mol. The van der Waals surface area contributed by atoms with Gasteiger partial charge in [-0.05, 0) is 55.1 Å². The molecule has 5 heteroatoms. The minimum Gasteiger partial charge on any atom is -1.00 e. The lowest BCUT2D eigenvalue weighted by Gasteiger charge is -2.26. The summed E-state index contributed by atoms with van der Waals surface area (Å²) in [6.07, 6.45) is 0. The van der Waals surface area contributed by atoms with Crippen LogP contribution in [0.1, 0.15) is 6.92 Å². The zero-order valence-electron chi connectivity index (χ0n) is 15.1. The summed E-state index contributed by atoms with van der Waals surface area (Å²) in [6, 6.07) is 31.6. The van der Waals surface area contributed by atoms with E-state index in [1.807, 2.05) is 25.1 Å². The molecular formula is C22H22IO2PS. The lowest BCUT2D eigenvalue weighted by Crippen LogP contribution is -3.00. The van der Waals surface area contributed by atoms with E-state index in [9.17, 15) is 4.79 Å². The van der Waals surface area contributed by atoms with E-state index in [0.717, 1.165) is 0 Å². The van der Waals surface area contributed by atoms with Gasteiger partial charge in [-0.2, -0.15) is 0 Å². The minimum atomic E-state index is -1.97. The number of ether oxygens (including phenoxy) is 1. The van der Waals surface area contributed by atoms with Crippen molar-refractivity contribution in [1.29, 1.82) is 0 Å². The highest BCUT2D eigenvalue weighted by Gasteiger charge is 2.46. The van der Waals surface area contributed by atoms with Crippen molar-refractivity contribution < 1.29 is 33.5 Å². The highest BCUT2D eigenvalue weighted by Crippen LogP contribution is 2.57. The Morgan fingerprint density at radius 1 is 0.778 bits per heavy atom. The maximum Gasteiger partial charge on any atom is 0.370 e. The largest absolute Gasteiger partial charge is 1.00 e. The van der Waals surface area contributed by atoms with E-state index in [-0.39, 0.29) is 29.3 Å². The average Bonchev–Trinajstić information content (AvgIpc) is 2.71. The fraction of sp³-hybridized carbons (Fsp3) is 0.136. The number of carbonyl (C=O) groups is 1. The molecule has 0 aliphatic carbocycles. The predicted molar refractivity (Wildman–Crippen MR) is 115 cm³/mol. The molecule has 0 unspecified atom stereocenters. The third-order valence-electron chi connectivity index (χ3n) is 4.23. The second kappa shape index (κ2) is 10.8. The Morgan fingerprint density at radius 2 is 1.15 bits per heavy atom. The van der Waals surface area contributed by atoms with Gasteiger partial charge in [0.25, 0.3) is 0 Å². The zero-order valence-corrected chi connectivity index (χ0v) is 19.0. The fourth-order valence-electron chi connectivity index (χ4n) is 3.03. The normalized spacial score (nSPS) is 10.7. The van der Waals surface area contributed by atoms with Crippen LogP contribution >= 0.6 is 19.0 Å². The molecule has 0 saturated carbocycles. The van der Waals surface area contributed by atoms with E-state index < -0.39 is 7.26 Å². The first-order chi connectivity index (χ1) is 12.8. The van der Waals surface area contributed by atoms with Gasteiger partial charge >= 0.3 is 5.30 Å². The van der Waals surface area contributed by atoms with Crippen molar-refractivity contribution in [3.8, 4) is 0 Å². The van der Waals surface area contributed by atoms with Crippen LogP contribution < -0.4 is 39.9 Å². The smallest absolute Gasteiger partial charge is 0.370 e. The molecule has 2 nitrogen and oxygen atoms in total. The summed E-state index contributed by atoms with van der Waals surface area (Å²) in [4.78, 5) is 12.1. The van der Waals surface area contributed by atoms with Gasteiger partial charge in [-0.15, -0.1) is 0 Å². The summed E-state index contributed by atoms with van der Waals surface area (Å²) in [5.41, 5.74) is 0.684. The Hall–Kier alpha value is -1.36. The Bertz CT molecular complexity index is 732. The molecule has 0 aliphatic heterocycles. The van der Waals surface area contributed by atoms with E-state index >= 15 is 0 Å². The Balaban J connectivity index is 0.00000261. The number of thioether (sulfide) groups is 1. The highest BCUT2D eigenvalue weighted by molar-refractivity contribution is 8.21. The monoisotopic (exact) mass is 508 g/mol. The standard InChI is InChI=1S/C22H22O2PS.HI/c1-2-24-22(23)26-18-25(19-12-6-3-7-13-19,20-14-8-4-9-15-20)21-16-10-5-11-17-21;/h3-17H,2,18H2,1H3;1H/q+1;/p-1. The molecule has 0 saturated heterocycles. The third-order valence-corrected chi connectivity index (χ3v) is 10.2. The lowest BCUT2D eigenvalue weighted by molar-refractivity contribution is -0.00000985. The third kappa shape index (κ3) is 5.13. The summed E-state index contributed by atoms with van der Waals surface area (Å²) in [7, 11) is -1.97. The summed E-state index contributed by atoms with van der Waals surface area (Å²) in [5.74, 6) is 0. The van der Waals surface area contributed by atoms with Gasteiger partial charge in [-0.3, -0.25) is 0 Å². The Labute approximate surface area is 183 Å². The van der Waals surface area contributed by atoms with E-state index in [0.29, 0.717) is 12.1 Å². The van der Waals surface area contributed by atoms with Gasteiger partial charge in [0.05, 0.1) is 6.61 Å². The molecule has 0 heterocycles. The van der Waals surface area contributed by atoms with Gasteiger partial charge in [-0.25, -0.2) is 4.79 Å². The number of carbonyl (C=O) groups excluding carboxylic acids is 1. The van der Waals surface area contributed by atoms with Crippen molar-refractivity contribution >= 4 is 40.2 Å². The second-order valence-corrected chi connectivity index (χ2v) is 10.6. The predicted octanol–water partition coefficient (Wildman–Crippen LogP) is 1.83. The molecule has 0 aliphatic rings. The van der Waals surface area contributed by atoms with Crippen LogP contribution in [0.3, 0.4) is 0 Å². The van der Waals surface area contributed by atoms with Crippen LogP contribution in [-0.2, 0) is 4.74 Å². The van der Waals surface area contributed by atoms with Gasteiger partial charge in [0.15, 0.2) is 0 Å². The number of halogens is 1. The first-order valence-corrected chi connectivity index (χ1v) is 11.6. The summed E-state index contributed by atoms with van der Waals surface area (Å²) in [6.45, 7) is 2.24. The van der Waals surface area contributed by atoms with Gasteiger partial charge in [0.1, 0.15) is 28.7 Å². The lowest BCUT2D eigenvalue weighted by atomic mass is 10.4. The molecule has 0 N–H and O–H groups in total. The van der Waals surface area contributed by atoms with Crippen LogP contribution in [0.2, 0.25) is 0 Å². The fourth-order valence-corrected chi connectivity index (χ4v) is 9.15. The SMILES string of the molecule is CCOC(=O)SC[P+](c1ccccc1)(c1ccccc1)c1ccccc1.[I-]. The summed E-state index contributed by atoms with van der Waals surface area (Å²) < 4.78 is 5.19. The number of rotatable bonds is 6. The molecule has 0 fully saturated rings. The van der Waals surface area contributed by atoms with Crippen molar-refractivity contribution in [2.75, 3.05) is 12.1 Å². The molecule has 3 aromatic rings. The van der Waals surface area contributed by atoms with Crippen LogP contribution in [0.4, 0.5) is 4.79 Å². The number of hydrogen-bond acceptors (Lipinski definition) is 3. The maximum atomic E-state index is 12.1. The van der Waals surface area contributed by atoms with Crippen LogP contribution in [0.25, 0.3) is 0 Å². The number of benzene rings is 3. The van der Waals surface area contributed by atoms with Crippen molar-refractivity contribution in [2.45, 2.75) is 6.92 Å². The first kappa shape index (κ1) is 21.9. The van der Waals surface area contributed by atoms with Crippen LogP contribution in [-0.4, -0.2) is 17.4 Å². The van der Waals surface area contributed by atoms with Gasteiger partial charge < -0.3 is 28.7 Å². The molecular weight excluding hydrogens is 486 g/mol. The van der Waals surface area contributed by atoms with Crippen molar-refractivity contribution in [2.24, 2.45) is 0 Å².